The van der Waals surface area contributed by atoms with Crippen molar-refractivity contribution >= 4 is 27.6 Å². The summed E-state index contributed by atoms with van der Waals surface area (Å²) in [7, 11) is -1.12. The van der Waals surface area contributed by atoms with E-state index in [1.807, 2.05) is 0 Å². The normalized spacial score (nSPS) is 12.1. The van der Waals surface area contributed by atoms with Gasteiger partial charge in [0.2, 0.25) is 15.9 Å². The molecule has 0 unspecified atom stereocenters. The van der Waals surface area contributed by atoms with Gasteiger partial charge in [0.25, 0.3) is 0 Å². The Labute approximate surface area is 163 Å². The molecule has 1 atom stereocenters. The molecule has 28 heavy (non-hydrogen) atoms. The molecule has 0 fully saturated rings. The SMILES string of the molecule is COC(=O)c1ccc(NC(=O)[C@@H](C)NS(=O)(=O)c2ccc(OC)c(C)c2)cc1. The molecule has 150 valence electrons. The van der Waals surface area contributed by atoms with E-state index < -0.39 is 27.9 Å². The molecule has 2 N–H and O–H groups in total. The molecule has 0 spiro atoms. The van der Waals surface area contributed by atoms with E-state index in [-0.39, 0.29) is 4.90 Å². The van der Waals surface area contributed by atoms with E-state index in [9.17, 15) is 18.0 Å². The predicted molar refractivity (Wildman–Crippen MR) is 104 cm³/mol. The smallest absolute Gasteiger partial charge is 0.337 e. The number of hydrogen-bond acceptors (Lipinski definition) is 6. The zero-order chi connectivity index (χ0) is 20.9. The van der Waals surface area contributed by atoms with E-state index in [0.29, 0.717) is 22.6 Å². The lowest BCUT2D eigenvalue weighted by atomic mass is 10.2. The van der Waals surface area contributed by atoms with Crippen molar-refractivity contribution in [3.8, 4) is 5.75 Å². The lowest BCUT2D eigenvalue weighted by molar-refractivity contribution is -0.117. The number of carbonyl (C=O) groups excluding carboxylic acids is 2. The average Bonchev–Trinajstić information content (AvgIpc) is 2.67. The molecular weight excluding hydrogens is 384 g/mol. The van der Waals surface area contributed by atoms with Crippen molar-refractivity contribution < 1.29 is 27.5 Å². The van der Waals surface area contributed by atoms with Crippen LogP contribution in [0.5, 0.6) is 5.75 Å². The highest BCUT2D eigenvalue weighted by Gasteiger charge is 2.23. The van der Waals surface area contributed by atoms with Crippen molar-refractivity contribution in [2.24, 2.45) is 0 Å². The minimum Gasteiger partial charge on any atom is -0.496 e. The van der Waals surface area contributed by atoms with Crippen LogP contribution in [-0.4, -0.2) is 40.6 Å². The van der Waals surface area contributed by atoms with Crippen LogP contribution in [0.4, 0.5) is 5.69 Å². The van der Waals surface area contributed by atoms with Crippen LogP contribution in [0.25, 0.3) is 0 Å². The molecule has 0 saturated heterocycles. The molecule has 2 rings (SSSR count). The number of amides is 1. The van der Waals surface area contributed by atoms with Crippen LogP contribution in [0, 0.1) is 6.92 Å². The number of carbonyl (C=O) groups is 2. The van der Waals surface area contributed by atoms with Gasteiger partial charge in [-0.15, -0.1) is 0 Å². The van der Waals surface area contributed by atoms with E-state index in [2.05, 4.69) is 14.8 Å². The van der Waals surface area contributed by atoms with Crippen molar-refractivity contribution in [1.29, 1.82) is 0 Å². The first-order chi connectivity index (χ1) is 13.2. The molecule has 8 nitrogen and oxygen atoms in total. The van der Waals surface area contributed by atoms with Crippen molar-refractivity contribution in [2.45, 2.75) is 24.8 Å². The van der Waals surface area contributed by atoms with E-state index in [0.717, 1.165) is 0 Å². The number of esters is 1. The minimum atomic E-state index is -3.89. The number of nitrogens with one attached hydrogen (secondary N) is 2. The number of anilines is 1. The van der Waals surface area contributed by atoms with Crippen molar-refractivity contribution in [2.75, 3.05) is 19.5 Å². The van der Waals surface area contributed by atoms with Gasteiger partial charge in [0.1, 0.15) is 5.75 Å². The summed E-state index contributed by atoms with van der Waals surface area (Å²) in [5.41, 5.74) is 1.42. The van der Waals surface area contributed by atoms with Gasteiger partial charge in [-0.2, -0.15) is 4.72 Å². The van der Waals surface area contributed by atoms with Crippen LogP contribution in [0.2, 0.25) is 0 Å². The van der Waals surface area contributed by atoms with E-state index in [1.54, 1.807) is 13.0 Å². The number of hydrogen-bond donors (Lipinski definition) is 2. The van der Waals surface area contributed by atoms with Crippen LogP contribution >= 0.6 is 0 Å². The maximum Gasteiger partial charge on any atom is 0.337 e. The summed E-state index contributed by atoms with van der Waals surface area (Å²) in [5.74, 6) is -0.464. The predicted octanol–water partition coefficient (Wildman–Crippen LogP) is 2.10. The summed E-state index contributed by atoms with van der Waals surface area (Å²) in [4.78, 5) is 23.8. The van der Waals surface area contributed by atoms with E-state index in [4.69, 9.17) is 4.74 Å². The number of sulfonamides is 1. The summed E-state index contributed by atoms with van der Waals surface area (Å²) in [5, 5.41) is 2.59. The highest BCUT2D eigenvalue weighted by Crippen LogP contribution is 2.21. The zero-order valence-electron chi connectivity index (χ0n) is 16.0. The molecule has 0 aliphatic rings. The van der Waals surface area contributed by atoms with Gasteiger partial charge in [-0.1, -0.05) is 0 Å². The Balaban J connectivity index is 2.06. The Morgan fingerprint density at radius 2 is 1.68 bits per heavy atom. The standard InChI is InChI=1S/C19H22N2O6S/c1-12-11-16(9-10-17(12)26-3)28(24,25)21-13(2)18(22)20-15-7-5-14(6-8-15)19(23)27-4/h5-11,13,21H,1-4H3,(H,20,22)/t13-/m1/s1. The maximum absolute atomic E-state index is 12.5. The molecule has 2 aromatic rings. The quantitative estimate of drug-likeness (QED) is 0.681. The Hall–Kier alpha value is -2.91. The van der Waals surface area contributed by atoms with Crippen molar-refractivity contribution in [3.63, 3.8) is 0 Å². The fourth-order valence-corrected chi connectivity index (χ4v) is 3.72. The number of methoxy groups -OCH3 is 2. The Morgan fingerprint density at radius 3 is 2.21 bits per heavy atom. The zero-order valence-corrected chi connectivity index (χ0v) is 16.8. The number of benzene rings is 2. The third-order valence-electron chi connectivity index (χ3n) is 3.98. The van der Waals surface area contributed by atoms with Crippen molar-refractivity contribution in [3.05, 3.63) is 53.6 Å². The molecule has 0 bridgehead atoms. The third-order valence-corrected chi connectivity index (χ3v) is 5.51. The fourth-order valence-electron chi connectivity index (χ4n) is 2.43. The van der Waals surface area contributed by atoms with Gasteiger partial charge in [-0.3, -0.25) is 4.79 Å². The molecule has 0 aliphatic carbocycles. The van der Waals surface area contributed by atoms with Gasteiger partial charge in [0.05, 0.1) is 30.7 Å². The molecule has 0 radical (unpaired) electrons. The largest absolute Gasteiger partial charge is 0.496 e. The van der Waals surface area contributed by atoms with Gasteiger partial charge in [0, 0.05) is 5.69 Å². The summed E-state index contributed by atoms with van der Waals surface area (Å²) in [6.07, 6.45) is 0. The van der Waals surface area contributed by atoms with E-state index >= 15 is 0 Å². The minimum absolute atomic E-state index is 0.0351. The first kappa shape index (κ1) is 21.4. The van der Waals surface area contributed by atoms with Crippen LogP contribution in [-0.2, 0) is 19.6 Å². The van der Waals surface area contributed by atoms with Gasteiger partial charge in [-0.05, 0) is 61.9 Å². The molecular formula is C19H22N2O6S. The Kier molecular flexibility index (Phi) is 6.76. The number of aryl methyl sites for hydroxylation is 1. The third kappa shape index (κ3) is 5.08. The van der Waals surface area contributed by atoms with Gasteiger partial charge in [0.15, 0.2) is 0 Å². The second-order valence-electron chi connectivity index (χ2n) is 6.03. The lowest BCUT2D eigenvalue weighted by Gasteiger charge is -2.15. The molecule has 2 aromatic carbocycles. The fraction of sp³-hybridized carbons (Fsp3) is 0.263. The molecule has 9 heteroatoms. The van der Waals surface area contributed by atoms with Crippen LogP contribution in [0.15, 0.2) is 47.4 Å². The molecule has 0 aliphatic heterocycles. The molecule has 0 aromatic heterocycles. The molecule has 1 amide bonds. The number of ether oxygens (including phenoxy) is 2. The topological polar surface area (TPSA) is 111 Å². The summed E-state index contributed by atoms with van der Waals surface area (Å²) < 4.78 is 37.1. The lowest BCUT2D eigenvalue weighted by Crippen LogP contribution is -2.41. The maximum atomic E-state index is 12.5. The van der Waals surface area contributed by atoms with E-state index in [1.165, 1.54) is 57.5 Å². The monoisotopic (exact) mass is 406 g/mol. The summed E-state index contributed by atoms with van der Waals surface area (Å²) >= 11 is 0. The Morgan fingerprint density at radius 1 is 1.04 bits per heavy atom. The number of rotatable bonds is 7. The van der Waals surface area contributed by atoms with Gasteiger partial charge >= 0.3 is 5.97 Å². The summed E-state index contributed by atoms with van der Waals surface area (Å²) in [6.45, 7) is 3.16. The second kappa shape index (κ2) is 8.85. The second-order valence-corrected chi connectivity index (χ2v) is 7.75. The highest BCUT2D eigenvalue weighted by molar-refractivity contribution is 7.89. The summed E-state index contributed by atoms with van der Waals surface area (Å²) in [6, 6.07) is 9.45. The molecule has 0 heterocycles. The Bertz CT molecular complexity index is 970. The first-order valence-corrected chi connectivity index (χ1v) is 9.82. The average molecular weight is 406 g/mol. The van der Waals surface area contributed by atoms with Crippen LogP contribution < -0.4 is 14.8 Å². The molecule has 0 saturated carbocycles. The highest BCUT2D eigenvalue weighted by atomic mass is 32.2. The van der Waals surface area contributed by atoms with Gasteiger partial charge < -0.3 is 14.8 Å². The van der Waals surface area contributed by atoms with Crippen molar-refractivity contribution in [1.82, 2.24) is 4.72 Å². The van der Waals surface area contributed by atoms with Crippen LogP contribution in [0.3, 0.4) is 0 Å². The van der Waals surface area contributed by atoms with Crippen LogP contribution in [0.1, 0.15) is 22.8 Å². The van der Waals surface area contributed by atoms with Gasteiger partial charge in [-0.25, -0.2) is 13.2 Å². The first-order valence-electron chi connectivity index (χ1n) is 8.34.